The van der Waals surface area contributed by atoms with Gasteiger partial charge in [-0.25, -0.2) is 9.07 Å². The number of hydrogen-bond donors (Lipinski definition) is 1. The van der Waals surface area contributed by atoms with Gasteiger partial charge in [-0.3, -0.25) is 4.79 Å². The van der Waals surface area contributed by atoms with E-state index in [1.165, 1.54) is 18.2 Å². The minimum Gasteiger partial charge on any atom is -0.381 e. The Kier molecular flexibility index (Phi) is 6.01. The van der Waals surface area contributed by atoms with E-state index in [0.29, 0.717) is 30.7 Å². The number of aromatic nitrogens is 2. The summed E-state index contributed by atoms with van der Waals surface area (Å²) in [5.74, 6) is -1.79. The van der Waals surface area contributed by atoms with Gasteiger partial charge in [0, 0.05) is 25.2 Å². The third-order valence-electron chi connectivity index (χ3n) is 5.79. The Morgan fingerprint density at radius 3 is 2.38 bits per heavy atom. The summed E-state index contributed by atoms with van der Waals surface area (Å²) in [4.78, 5) is 12.9. The topological polar surface area (TPSA) is 56.1 Å². The lowest BCUT2D eigenvalue weighted by atomic mass is 9.74. The highest BCUT2D eigenvalue weighted by Gasteiger charge is 2.42. The van der Waals surface area contributed by atoms with E-state index in [4.69, 9.17) is 4.74 Å². The van der Waals surface area contributed by atoms with Crippen molar-refractivity contribution in [3.63, 3.8) is 0 Å². The van der Waals surface area contributed by atoms with Gasteiger partial charge in [-0.15, -0.1) is 0 Å². The zero-order valence-corrected chi connectivity index (χ0v) is 17.0. The van der Waals surface area contributed by atoms with E-state index >= 15 is 0 Å². The van der Waals surface area contributed by atoms with Crippen LogP contribution in [0.2, 0.25) is 0 Å². The van der Waals surface area contributed by atoms with Crippen LogP contribution in [0, 0.1) is 5.82 Å². The molecular weight excluding hydrogens is 426 g/mol. The maximum absolute atomic E-state index is 14.1. The summed E-state index contributed by atoms with van der Waals surface area (Å²) >= 11 is 0. The molecule has 0 radical (unpaired) electrons. The largest absolute Gasteiger partial charge is 0.434 e. The lowest BCUT2D eigenvalue weighted by Gasteiger charge is -2.38. The predicted octanol–water partition coefficient (Wildman–Crippen LogP) is 4.51. The standard InChI is InChI=1S/C23H21F4N3O2/c24-18-8-4-5-9-19(18)30-20(23(25,26)27)17(14-29-30)21(31)28-15-22(10-12-32-13-11-22)16-6-2-1-3-7-16/h1-9,14H,10-13,15H2,(H,28,31). The number of para-hydroxylation sites is 1. The van der Waals surface area contributed by atoms with Gasteiger partial charge in [0.1, 0.15) is 11.5 Å². The average molecular weight is 447 g/mol. The number of carbonyl (C=O) groups excluding carboxylic acids is 1. The fourth-order valence-corrected chi connectivity index (χ4v) is 4.06. The first-order valence-electron chi connectivity index (χ1n) is 10.1. The molecule has 1 fully saturated rings. The third kappa shape index (κ3) is 4.25. The smallest absolute Gasteiger partial charge is 0.381 e. The molecule has 168 valence electrons. The summed E-state index contributed by atoms with van der Waals surface area (Å²) in [5.41, 5.74) is -1.82. The molecule has 0 spiro atoms. The number of benzene rings is 2. The molecule has 9 heteroatoms. The summed E-state index contributed by atoms with van der Waals surface area (Å²) in [6.07, 6.45) is -2.85. The molecule has 0 saturated carbocycles. The van der Waals surface area contributed by atoms with Crippen LogP contribution in [0.4, 0.5) is 17.6 Å². The van der Waals surface area contributed by atoms with E-state index in [-0.39, 0.29) is 12.2 Å². The van der Waals surface area contributed by atoms with Crippen LogP contribution in [-0.2, 0) is 16.3 Å². The van der Waals surface area contributed by atoms with Gasteiger partial charge in [0.15, 0.2) is 5.69 Å². The van der Waals surface area contributed by atoms with Crippen molar-refractivity contribution in [2.75, 3.05) is 19.8 Å². The van der Waals surface area contributed by atoms with E-state index in [9.17, 15) is 22.4 Å². The van der Waals surface area contributed by atoms with Crippen molar-refractivity contribution >= 4 is 5.91 Å². The first-order chi connectivity index (χ1) is 15.3. The Morgan fingerprint density at radius 1 is 1.06 bits per heavy atom. The van der Waals surface area contributed by atoms with Crippen LogP contribution in [0.15, 0.2) is 60.8 Å². The molecule has 32 heavy (non-hydrogen) atoms. The molecule has 1 aliphatic heterocycles. The Balaban J connectivity index is 1.64. The van der Waals surface area contributed by atoms with Crippen LogP contribution in [-0.4, -0.2) is 35.4 Å². The van der Waals surface area contributed by atoms with Crippen molar-refractivity contribution < 1.29 is 27.1 Å². The summed E-state index contributed by atoms with van der Waals surface area (Å²) < 4.78 is 61.6. The molecular formula is C23H21F4N3O2. The van der Waals surface area contributed by atoms with Gasteiger partial charge in [0.05, 0.1) is 11.8 Å². The molecule has 3 aromatic rings. The zero-order valence-electron chi connectivity index (χ0n) is 17.0. The molecule has 1 aliphatic rings. The maximum Gasteiger partial charge on any atom is 0.434 e. The van der Waals surface area contributed by atoms with Crippen molar-refractivity contribution in [1.82, 2.24) is 15.1 Å². The lowest BCUT2D eigenvalue weighted by Crippen LogP contribution is -2.44. The van der Waals surface area contributed by atoms with Crippen LogP contribution in [0.3, 0.4) is 0 Å². The second-order valence-corrected chi connectivity index (χ2v) is 7.71. The highest BCUT2D eigenvalue weighted by atomic mass is 19.4. The van der Waals surface area contributed by atoms with Crippen LogP contribution in [0.25, 0.3) is 5.69 Å². The van der Waals surface area contributed by atoms with Crippen LogP contribution in [0.1, 0.15) is 34.5 Å². The summed E-state index contributed by atoms with van der Waals surface area (Å²) in [6.45, 7) is 1.12. The Morgan fingerprint density at radius 2 is 1.72 bits per heavy atom. The summed E-state index contributed by atoms with van der Waals surface area (Å²) in [6, 6.07) is 14.5. The van der Waals surface area contributed by atoms with Crippen LogP contribution >= 0.6 is 0 Å². The third-order valence-corrected chi connectivity index (χ3v) is 5.79. The normalized spacial score (nSPS) is 16.0. The average Bonchev–Trinajstić information content (AvgIpc) is 3.25. The van der Waals surface area contributed by atoms with Gasteiger partial charge in [-0.05, 0) is 30.5 Å². The van der Waals surface area contributed by atoms with Gasteiger partial charge in [-0.2, -0.15) is 18.3 Å². The summed E-state index contributed by atoms with van der Waals surface area (Å²) in [5, 5.41) is 6.34. The van der Waals surface area contributed by atoms with Crippen molar-refractivity contribution in [3.8, 4) is 5.69 Å². The van der Waals surface area contributed by atoms with Gasteiger partial charge < -0.3 is 10.1 Å². The van der Waals surface area contributed by atoms with Crippen molar-refractivity contribution in [1.29, 1.82) is 0 Å². The first-order valence-corrected chi connectivity index (χ1v) is 10.1. The lowest BCUT2D eigenvalue weighted by molar-refractivity contribution is -0.143. The van der Waals surface area contributed by atoms with Gasteiger partial charge >= 0.3 is 6.18 Å². The van der Waals surface area contributed by atoms with Gasteiger partial charge in [0.25, 0.3) is 5.91 Å². The van der Waals surface area contributed by atoms with E-state index in [0.717, 1.165) is 17.8 Å². The number of rotatable bonds is 5. The number of nitrogens with zero attached hydrogens (tertiary/aromatic N) is 2. The SMILES string of the molecule is O=C(NCC1(c2ccccc2)CCOCC1)c1cnn(-c2ccccc2F)c1C(F)(F)F. The predicted molar refractivity (Wildman–Crippen MR) is 109 cm³/mol. The first kappa shape index (κ1) is 22.0. The van der Waals surface area contributed by atoms with E-state index < -0.39 is 34.6 Å². The molecule has 5 nitrogen and oxygen atoms in total. The highest BCUT2D eigenvalue weighted by Crippen LogP contribution is 2.36. The quantitative estimate of drug-likeness (QED) is 0.586. The van der Waals surface area contributed by atoms with Gasteiger partial charge in [-0.1, -0.05) is 42.5 Å². The minimum absolute atomic E-state index is 0.140. The molecule has 2 heterocycles. The highest BCUT2D eigenvalue weighted by molar-refractivity contribution is 5.95. The van der Waals surface area contributed by atoms with Crippen molar-refractivity contribution in [3.05, 3.63) is 83.4 Å². The zero-order chi connectivity index (χ0) is 22.8. The van der Waals surface area contributed by atoms with Crippen LogP contribution < -0.4 is 5.32 Å². The number of alkyl halides is 3. The fourth-order valence-electron chi connectivity index (χ4n) is 4.06. The summed E-state index contributed by atoms with van der Waals surface area (Å²) in [7, 11) is 0. The Labute approximate surface area is 182 Å². The number of hydrogen-bond acceptors (Lipinski definition) is 3. The Hall–Kier alpha value is -3.20. The number of amides is 1. The van der Waals surface area contributed by atoms with Gasteiger partial charge in [0.2, 0.25) is 0 Å². The van der Waals surface area contributed by atoms with Crippen molar-refractivity contribution in [2.45, 2.75) is 24.4 Å². The number of nitrogens with one attached hydrogen (secondary N) is 1. The van der Waals surface area contributed by atoms with Crippen molar-refractivity contribution in [2.24, 2.45) is 0 Å². The molecule has 1 N–H and O–H groups in total. The molecule has 0 unspecified atom stereocenters. The molecule has 0 bridgehead atoms. The monoisotopic (exact) mass is 447 g/mol. The molecule has 0 aliphatic carbocycles. The maximum atomic E-state index is 14.1. The molecule has 4 rings (SSSR count). The second kappa shape index (κ2) is 8.74. The Bertz CT molecular complexity index is 1090. The molecule has 2 aromatic carbocycles. The van der Waals surface area contributed by atoms with Crippen LogP contribution in [0.5, 0.6) is 0 Å². The molecule has 1 aromatic heterocycles. The minimum atomic E-state index is -4.92. The molecule has 1 amide bonds. The van der Waals surface area contributed by atoms with E-state index in [1.54, 1.807) is 0 Å². The molecule has 0 atom stereocenters. The number of ether oxygens (including phenoxy) is 1. The van der Waals surface area contributed by atoms with E-state index in [1.807, 2.05) is 30.3 Å². The number of carbonyl (C=O) groups is 1. The fraction of sp³-hybridized carbons (Fsp3) is 0.304. The van der Waals surface area contributed by atoms with E-state index in [2.05, 4.69) is 10.4 Å². The number of halogens is 4. The second-order valence-electron chi connectivity index (χ2n) is 7.71. The molecule has 1 saturated heterocycles.